The van der Waals surface area contributed by atoms with Crippen LogP contribution >= 0.6 is 11.8 Å². The zero-order chi connectivity index (χ0) is 16.6. The molecule has 1 aromatic heterocycles. The Bertz CT molecular complexity index is 706. The fourth-order valence-electron chi connectivity index (χ4n) is 2.53. The largest absolute Gasteiger partial charge is 0.477 e. The fourth-order valence-corrected chi connectivity index (χ4v) is 3.87. The van der Waals surface area contributed by atoms with Crippen molar-refractivity contribution in [1.82, 2.24) is 15.2 Å². The molecule has 3 rings (SSSR count). The van der Waals surface area contributed by atoms with Gasteiger partial charge in [0.2, 0.25) is 0 Å². The SMILES string of the molecule is O=C(O)C1=C(CO)CS[C@H]2[C@@H](NC(=O)c3ccncc3)C(=O)N12. The first-order valence-corrected chi connectivity index (χ1v) is 7.81. The topological polar surface area (TPSA) is 120 Å². The van der Waals surface area contributed by atoms with Crippen LogP contribution in [-0.4, -0.2) is 61.7 Å². The predicted molar refractivity (Wildman–Crippen MR) is 80.3 cm³/mol. The van der Waals surface area contributed by atoms with Crippen molar-refractivity contribution in [3.8, 4) is 0 Å². The Kier molecular flexibility index (Phi) is 4.05. The van der Waals surface area contributed by atoms with Gasteiger partial charge in [0.15, 0.2) is 0 Å². The number of aliphatic hydroxyl groups is 1. The molecular formula is C14H13N3O5S. The van der Waals surface area contributed by atoms with Crippen molar-refractivity contribution in [2.24, 2.45) is 0 Å². The molecule has 0 saturated carbocycles. The molecule has 0 aromatic carbocycles. The van der Waals surface area contributed by atoms with Crippen molar-refractivity contribution in [3.63, 3.8) is 0 Å². The van der Waals surface area contributed by atoms with E-state index in [1.807, 2.05) is 0 Å². The van der Waals surface area contributed by atoms with E-state index in [1.54, 1.807) is 0 Å². The maximum absolute atomic E-state index is 12.2. The summed E-state index contributed by atoms with van der Waals surface area (Å²) in [6, 6.07) is 2.27. The second kappa shape index (κ2) is 6.01. The lowest BCUT2D eigenvalue weighted by Crippen LogP contribution is -2.70. The van der Waals surface area contributed by atoms with E-state index in [2.05, 4.69) is 10.3 Å². The molecule has 1 aromatic rings. The van der Waals surface area contributed by atoms with E-state index >= 15 is 0 Å². The first-order chi connectivity index (χ1) is 11.0. The summed E-state index contributed by atoms with van der Waals surface area (Å²) in [6.45, 7) is -0.417. The molecule has 0 aliphatic carbocycles. The Morgan fingerprint density at radius 1 is 1.39 bits per heavy atom. The van der Waals surface area contributed by atoms with E-state index in [9.17, 15) is 24.6 Å². The third-order valence-electron chi connectivity index (χ3n) is 3.67. The molecule has 8 nitrogen and oxygen atoms in total. The minimum atomic E-state index is -1.26. The molecule has 2 atom stereocenters. The maximum Gasteiger partial charge on any atom is 0.352 e. The van der Waals surface area contributed by atoms with E-state index in [4.69, 9.17) is 0 Å². The molecule has 0 radical (unpaired) electrons. The van der Waals surface area contributed by atoms with Crippen molar-refractivity contribution in [2.75, 3.05) is 12.4 Å². The first-order valence-electron chi connectivity index (χ1n) is 6.76. The number of rotatable bonds is 4. The number of amides is 2. The molecule has 23 heavy (non-hydrogen) atoms. The monoisotopic (exact) mass is 335 g/mol. The number of aliphatic carboxylic acids is 1. The molecule has 3 N–H and O–H groups in total. The number of nitrogens with zero attached hydrogens (tertiary/aromatic N) is 2. The van der Waals surface area contributed by atoms with Gasteiger partial charge in [0.05, 0.1) is 6.61 Å². The Morgan fingerprint density at radius 3 is 2.70 bits per heavy atom. The van der Waals surface area contributed by atoms with Crippen LogP contribution in [0.4, 0.5) is 0 Å². The van der Waals surface area contributed by atoms with E-state index in [1.165, 1.54) is 36.3 Å². The van der Waals surface area contributed by atoms with Crippen LogP contribution in [0.3, 0.4) is 0 Å². The summed E-state index contributed by atoms with van der Waals surface area (Å²) in [5.41, 5.74) is 0.485. The van der Waals surface area contributed by atoms with Crippen molar-refractivity contribution in [1.29, 1.82) is 0 Å². The minimum Gasteiger partial charge on any atom is -0.477 e. The Labute approximate surface area is 135 Å². The molecule has 0 unspecified atom stereocenters. The summed E-state index contributed by atoms with van der Waals surface area (Å²) >= 11 is 1.31. The number of pyridine rings is 1. The molecular weight excluding hydrogens is 322 g/mol. The molecule has 1 fully saturated rings. The summed E-state index contributed by atoms with van der Waals surface area (Å²) in [5.74, 6) is -1.87. The van der Waals surface area contributed by atoms with Gasteiger partial charge in [-0.3, -0.25) is 19.5 Å². The number of carboxylic acid groups (broad SMARTS) is 1. The number of carbonyl (C=O) groups is 3. The average Bonchev–Trinajstić information content (AvgIpc) is 2.58. The average molecular weight is 335 g/mol. The minimum absolute atomic E-state index is 0.185. The van der Waals surface area contributed by atoms with Gasteiger partial charge in [0, 0.05) is 23.7 Å². The van der Waals surface area contributed by atoms with Crippen LogP contribution in [0.2, 0.25) is 0 Å². The van der Waals surface area contributed by atoms with Gasteiger partial charge in [-0.25, -0.2) is 4.79 Å². The lowest BCUT2D eigenvalue weighted by molar-refractivity contribution is -0.148. The van der Waals surface area contributed by atoms with Crippen molar-refractivity contribution >= 4 is 29.5 Å². The number of thioether (sulfide) groups is 1. The van der Waals surface area contributed by atoms with Crippen LogP contribution in [-0.2, 0) is 9.59 Å². The lowest BCUT2D eigenvalue weighted by atomic mass is 10.0. The standard InChI is InChI=1S/C14H13N3O5S/c18-5-8-6-23-13-9(12(20)17(13)10(8)14(21)22)16-11(19)7-1-3-15-4-2-7/h1-4,9,13,18H,5-6H2,(H,16,19)(H,21,22)/t9-,13-/m0/s1. The van der Waals surface area contributed by atoms with Gasteiger partial charge in [0.1, 0.15) is 17.1 Å². The third-order valence-corrected chi connectivity index (χ3v) is 5.01. The maximum atomic E-state index is 12.2. The number of aromatic nitrogens is 1. The second-order valence-electron chi connectivity index (χ2n) is 5.01. The Hall–Kier alpha value is -2.39. The third kappa shape index (κ3) is 2.57. The van der Waals surface area contributed by atoms with Crippen LogP contribution in [0.5, 0.6) is 0 Å². The van der Waals surface area contributed by atoms with E-state index in [-0.39, 0.29) is 5.70 Å². The molecule has 2 aliphatic rings. The summed E-state index contributed by atoms with van der Waals surface area (Å²) in [4.78, 5) is 40.6. The van der Waals surface area contributed by atoms with Gasteiger partial charge >= 0.3 is 5.97 Å². The zero-order valence-electron chi connectivity index (χ0n) is 11.8. The number of carboxylic acids is 1. The molecule has 2 aliphatic heterocycles. The van der Waals surface area contributed by atoms with E-state index in [0.717, 1.165) is 4.90 Å². The highest BCUT2D eigenvalue weighted by Gasteiger charge is 2.54. The van der Waals surface area contributed by atoms with Crippen LogP contribution in [0.15, 0.2) is 35.8 Å². The second-order valence-corrected chi connectivity index (χ2v) is 6.12. The number of nitrogens with one attached hydrogen (secondary N) is 1. The number of hydrogen-bond donors (Lipinski definition) is 3. The predicted octanol–water partition coefficient (Wildman–Crippen LogP) is -0.574. The van der Waals surface area contributed by atoms with Gasteiger partial charge in [-0.15, -0.1) is 11.8 Å². The molecule has 1 saturated heterocycles. The quantitative estimate of drug-likeness (QED) is 0.630. The summed E-state index contributed by atoms with van der Waals surface area (Å²) in [6.07, 6.45) is 2.94. The van der Waals surface area contributed by atoms with Gasteiger partial charge in [0.25, 0.3) is 11.8 Å². The van der Waals surface area contributed by atoms with Crippen LogP contribution in [0, 0.1) is 0 Å². The number of β-lactam (4-membered cyclic amide) rings is 1. The first kappa shape index (κ1) is 15.5. The number of fused-ring (bicyclic) bond motifs is 1. The van der Waals surface area contributed by atoms with Crippen molar-refractivity contribution in [2.45, 2.75) is 11.4 Å². The van der Waals surface area contributed by atoms with E-state index in [0.29, 0.717) is 16.9 Å². The summed E-state index contributed by atoms with van der Waals surface area (Å²) < 4.78 is 0. The summed E-state index contributed by atoms with van der Waals surface area (Å²) in [5, 5.41) is 20.6. The normalized spacial score (nSPS) is 23.2. The number of aliphatic hydroxyl groups excluding tert-OH is 1. The molecule has 9 heteroatoms. The highest BCUT2D eigenvalue weighted by Crippen LogP contribution is 2.40. The highest BCUT2D eigenvalue weighted by atomic mass is 32.2. The Morgan fingerprint density at radius 2 is 2.09 bits per heavy atom. The lowest BCUT2D eigenvalue weighted by Gasteiger charge is -2.49. The molecule has 2 amide bonds. The molecule has 3 heterocycles. The fraction of sp³-hybridized carbons (Fsp3) is 0.286. The van der Waals surface area contributed by atoms with Crippen molar-refractivity contribution < 1.29 is 24.6 Å². The number of carbonyl (C=O) groups excluding carboxylic acids is 2. The van der Waals surface area contributed by atoms with Crippen LogP contribution < -0.4 is 5.32 Å². The van der Waals surface area contributed by atoms with E-state index < -0.39 is 35.8 Å². The molecule has 0 spiro atoms. The molecule has 120 valence electrons. The van der Waals surface area contributed by atoms with Gasteiger partial charge in [-0.05, 0) is 17.7 Å². The van der Waals surface area contributed by atoms with Crippen molar-refractivity contribution in [3.05, 3.63) is 41.4 Å². The van der Waals surface area contributed by atoms with Crippen LogP contribution in [0.25, 0.3) is 0 Å². The number of hydrogen-bond acceptors (Lipinski definition) is 6. The Balaban J connectivity index is 1.77. The highest BCUT2D eigenvalue weighted by molar-refractivity contribution is 8.00. The van der Waals surface area contributed by atoms with Gasteiger partial charge < -0.3 is 15.5 Å². The van der Waals surface area contributed by atoms with Crippen LogP contribution in [0.1, 0.15) is 10.4 Å². The van der Waals surface area contributed by atoms with Gasteiger partial charge in [-0.1, -0.05) is 0 Å². The zero-order valence-corrected chi connectivity index (χ0v) is 12.6. The molecule has 0 bridgehead atoms. The van der Waals surface area contributed by atoms with Gasteiger partial charge in [-0.2, -0.15) is 0 Å². The summed E-state index contributed by atoms with van der Waals surface area (Å²) in [7, 11) is 0. The smallest absolute Gasteiger partial charge is 0.352 e.